The van der Waals surface area contributed by atoms with Gasteiger partial charge in [-0.25, -0.2) is 4.98 Å². The van der Waals surface area contributed by atoms with Crippen molar-refractivity contribution in [2.45, 2.75) is 39.0 Å². The maximum Gasteiger partial charge on any atom is 0.180 e. The van der Waals surface area contributed by atoms with E-state index in [9.17, 15) is 0 Å². The summed E-state index contributed by atoms with van der Waals surface area (Å²) in [5.41, 5.74) is 9.27. The van der Waals surface area contributed by atoms with Crippen LogP contribution in [-0.4, -0.2) is 23.1 Å². The predicted molar refractivity (Wildman–Crippen MR) is 106 cm³/mol. The lowest BCUT2D eigenvalue weighted by Crippen LogP contribution is -1.99. The van der Waals surface area contributed by atoms with E-state index in [1.54, 1.807) is 7.11 Å². The minimum absolute atomic E-state index is 0.602. The molecule has 1 aromatic carbocycles. The molecule has 0 aliphatic heterocycles. The third kappa shape index (κ3) is 4.10. The summed E-state index contributed by atoms with van der Waals surface area (Å²) >= 11 is 0. The second kappa shape index (κ2) is 8.61. The molecule has 0 aliphatic carbocycles. The lowest BCUT2D eigenvalue weighted by Gasteiger charge is -2.07. The van der Waals surface area contributed by atoms with Gasteiger partial charge in [0.1, 0.15) is 5.75 Å². The number of fused-ring (bicyclic) bond motifs is 1. The molecule has 138 valence electrons. The van der Waals surface area contributed by atoms with Crippen LogP contribution in [0.15, 0.2) is 42.7 Å². The third-order valence-electron chi connectivity index (χ3n) is 4.48. The Balaban J connectivity index is 1.75. The van der Waals surface area contributed by atoms with E-state index in [0.29, 0.717) is 11.4 Å². The highest BCUT2D eigenvalue weighted by atomic mass is 16.5. The van der Waals surface area contributed by atoms with Gasteiger partial charge in [-0.05, 0) is 36.8 Å². The first-order chi connectivity index (χ1) is 12.7. The summed E-state index contributed by atoms with van der Waals surface area (Å²) in [6, 6.07) is 9.66. The van der Waals surface area contributed by atoms with Crippen molar-refractivity contribution < 1.29 is 9.47 Å². The normalized spacial score (nSPS) is 11.0. The summed E-state index contributed by atoms with van der Waals surface area (Å²) in [6.07, 6.45) is 10.1. The van der Waals surface area contributed by atoms with E-state index in [1.807, 2.05) is 47.1 Å². The molecule has 3 rings (SSSR count). The maximum atomic E-state index is 6.02. The number of nitrogens with zero attached hydrogens (tertiary/aromatic N) is 2. The monoisotopic (exact) mass is 353 g/mol. The van der Waals surface area contributed by atoms with Crippen LogP contribution in [0.1, 0.15) is 39.0 Å². The quantitative estimate of drug-likeness (QED) is 0.437. The molecule has 5 heteroatoms. The van der Waals surface area contributed by atoms with Crippen LogP contribution in [0.25, 0.3) is 16.9 Å². The number of aromatic nitrogens is 2. The fraction of sp³-hybridized carbons (Fsp3) is 0.381. The van der Waals surface area contributed by atoms with E-state index in [2.05, 4.69) is 6.92 Å². The first-order valence-electron chi connectivity index (χ1n) is 9.27. The van der Waals surface area contributed by atoms with Crippen LogP contribution in [0.2, 0.25) is 0 Å². The van der Waals surface area contributed by atoms with Crippen molar-refractivity contribution in [1.82, 2.24) is 9.38 Å². The number of ether oxygens (including phenoxy) is 2. The highest BCUT2D eigenvalue weighted by molar-refractivity contribution is 5.71. The van der Waals surface area contributed by atoms with Crippen molar-refractivity contribution >= 4 is 11.3 Å². The van der Waals surface area contributed by atoms with Crippen molar-refractivity contribution in [3.63, 3.8) is 0 Å². The molecule has 0 bridgehead atoms. The van der Waals surface area contributed by atoms with Crippen molar-refractivity contribution in [1.29, 1.82) is 0 Å². The fourth-order valence-corrected chi connectivity index (χ4v) is 3.02. The Morgan fingerprint density at radius 2 is 1.92 bits per heavy atom. The van der Waals surface area contributed by atoms with Crippen LogP contribution in [0, 0.1) is 0 Å². The molecule has 0 atom stereocenters. The van der Waals surface area contributed by atoms with Crippen LogP contribution in [0.3, 0.4) is 0 Å². The van der Waals surface area contributed by atoms with E-state index < -0.39 is 0 Å². The Morgan fingerprint density at radius 1 is 1.08 bits per heavy atom. The van der Waals surface area contributed by atoms with Gasteiger partial charge in [0.25, 0.3) is 0 Å². The number of nitrogens with two attached hydrogens (primary N) is 1. The first kappa shape index (κ1) is 18.1. The zero-order chi connectivity index (χ0) is 18.4. The molecule has 26 heavy (non-hydrogen) atoms. The Hall–Kier alpha value is -2.69. The number of rotatable bonds is 9. The lowest BCUT2D eigenvalue weighted by atomic mass is 10.1. The standard InChI is InChI=1S/C21H27N3O2/c1-3-4-5-6-7-13-26-20-9-8-12-24-15-18(23-21(20)24)16-10-11-19(25-2)17(22)14-16/h8-12,14-15H,3-7,13,22H2,1-2H3. The highest BCUT2D eigenvalue weighted by Crippen LogP contribution is 2.29. The lowest BCUT2D eigenvalue weighted by molar-refractivity contribution is 0.306. The number of anilines is 1. The second-order valence-corrected chi connectivity index (χ2v) is 6.45. The van der Waals surface area contributed by atoms with E-state index in [4.69, 9.17) is 20.2 Å². The zero-order valence-corrected chi connectivity index (χ0v) is 15.6. The molecular weight excluding hydrogens is 326 g/mol. The molecule has 0 unspecified atom stereocenters. The van der Waals surface area contributed by atoms with Gasteiger partial charge in [0.05, 0.1) is 25.1 Å². The molecule has 0 spiro atoms. The number of benzene rings is 1. The number of imidazole rings is 1. The molecule has 2 heterocycles. The Labute approximate surface area is 154 Å². The molecule has 0 saturated carbocycles. The zero-order valence-electron chi connectivity index (χ0n) is 15.6. The summed E-state index contributed by atoms with van der Waals surface area (Å²) in [5.74, 6) is 1.49. The van der Waals surface area contributed by atoms with E-state index in [1.165, 1.54) is 25.7 Å². The van der Waals surface area contributed by atoms with Gasteiger partial charge in [0.2, 0.25) is 0 Å². The topological polar surface area (TPSA) is 61.8 Å². The summed E-state index contributed by atoms with van der Waals surface area (Å²) in [5, 5.41) is 0. The van der Waals surface area contributed by atoms with Crippen LogP contribution >= 0.6 is 0 Å². The summed E-state index contributed by atoms with van der Waals surface area (Å²) < 4.78 is 13.2. The fourth-order valence-electron chi connectivity index (χ4n) is 3.02. The number of unbranched alkanes of at least 4 members (excludes halogenated alkanes) is 4. The molecule has 3 aromatic rings. The number of hydrogen-bond donors (Lipinski definition) is 1. The highest BCUT2D eigenvalue weighted by Gasteiger charge is 2.10. The largest absolute Gasteiger partial charge is 0.495 e. The first-order valence-corrected chi connectivity index (χ1v) is 9.27. The average molecular weight is 353 g/mol. The average Bonchev–Trinajstić information content (AvgIpc) is 3.09. The second-order valence-electron chi connectivity index (χ2n) is 6.45. The predicted octanol–water partition coefficient (Wildman–Crippen LogP) is 4.94. The smallest absolute Gasteiger partial charge is 0.180 e. The Kier molecular flexibility index (Phi) is 6.00. The van der Waals surface area contributed by atoms with Crippen molar-refractivity contribution in [3.05, 3.63) is 42.7 Å². The molecule has 0 aliphatic rings. The molecule has 0 saturated heterocycles. The Bertz CT molecular complexity index is 858. The van der Waals surface area contributed by atoms with Crippen LogP contribution in [-0.2, 0) is 0 Å². The van der Waals surface area contributed by atoms with Gasteiger partial charge in [-0.2, -0.15) is 0 Å². The van der Waals surface area contributed by atoms with Crippen molar-refractivity contribution in [2.75, 3.05) is 19.5 Å². The van der Waals surface area contributed by atoms with Gasteiger partial charge in [-0.15, -0.1) is 0 Å². The van der Waals surface area contributed by atoms with E-state index in [-0.39, 0.29) is 0 Å². The number of nitrogen functional groups attached to an aromatic ring is 1. The van der Waals surface area contributed by atoms with E-state index >= 15 is 0 Å². The number of methoxy groups -OCH3 is 1. The Morgan fingerprint density at radius 3 is 2.69 bits per heavy atom. The van der Waals surface area contributed by atoms with Gasteiger partial charge in [0.15, 0.2) is 11.4 Å². The molecule has 5 nitrogen and oxygen atoms in total. The number of hydrogen-bond acceptors (Lipinski definition) is 4. The van der Waals surface area contributed by atoms with Crippen LogP contribution in [0.4, 0.5) is 5.69 Å². The van der Waals surface area contributed by atoms with Crippen molar-refractivity contribution in [2.24, 2.45) is 0 Å². The maximum absolute atomic E-state index is 6.02. The summed E-state index contributed by atoms with van der Waals surface area (Å²) in [4.78, 5) is 4.75. The van der Waals surface area contributed by atoms with E-state index in [0.717, 1.165) is 35.7 Å². The minimum atomic E-state index is 0.602. The van der Waals surface area contributed by atoms with Gasteiger partial charge in [-0.3, -0.25) is 0 Å². The third-order valence-corrected chi connectivity index (χ3v) is 4.48. The molecule has 0 fully saturated rings. The summed E-state index contributed by atoms with van der Waals surface area (Å²) in [7, 11) is 1.61. The van der Waals surface area contributed by atoms with Crippen LogP contribution in [0.5, 0.6) is 11.5 Å². The minimum Gasteiger partial charge on any atom is -0.495 e. The molecule has 0 radical (unpaired) electrons. The summed E-state index contributed by atoms with van der Waals surface area (Å²) in [6.45, 7) is 2.95. The SMILES string of the molecule is CCCCCCCOc1cccn2cc(-c3ccc(OC)c(N)c3)nc12. The van der Waals surface area contributed by atoms with Gasteiger partial charge in [0, 0.05) is 18.0 Å². The number of pyridine rings is 1. The van der Waals surface area contributed by atoms with Crippen LogP contribution < -0.4 is 15.2 Å². The molecule has 0 amide bonds. The van der Waals surface area contributed by atoms with Crippen molar-refractivity contribution in [3.8, 4) is 22.8 Å². The molecular formula is C21H27N3O2. The molecule has 2 N–H and O–H groups in total. The van der Waals surface area contributed by atoms with Gasteiger partial charge >= 0.3 is 0 Å². The van der Waals surface area contributed by atoms with Gasteiger partial charge in [-0.1, -0.05) is 32.6 Å². The molecule has 2 aromatic heterocycles. The van der Waals surface area contributed by atoms with Gasteiger partial charge < -0.3 is 19.6 Å².